The van der Waals surface area contributed by atoms with E-state index in [0.717, 1.165) is 28.5 Å². The molecule has 10 atom stereocenters. The first-order chi connectivity index (χ1) is 42.8. The fourth-order valence-corrected chi connectivity index (χ4v) is 11.9. The molecule has 27 nitrogen and oxygen atoms in total. The van der Waals surface area contributed by atoms with Crippen LogP contribution in [-0.4, -0.2) is 173 Å². The molecule has 5 aromatic rings. The number of carboxylic acids is 1. The van der Waals surface area contributed by atoms with E-state index in [-0.39, 0.29) is 66.4 Å². The number of hydrazine groups is 1. The van der Waals surface area contributed by atoms with Crippen molar-refractivity contribution < 1.29 is 63.6 Å². The zero-order valence-corrected chi connectivity index (χ0v) is 52.6. The number of carboxylic acid groups (broad SMARTS) is 1. The Morgan fingerprint density at radius 3 is 2.03 bits per heavy atom. The predicted octanol–water partition coefficient (Wildman–Crippen LogP) is 0.448. The Morgan fingerprint density at radius 2 is 1.39 bits per heavy atom. The first-order valence-electron chi connectivity index (χ1n) is 28.9. The van der Waals surface area contributed by atoms with Crippen molar-refractivity contribution in [3.05, 3.63) is 126 Å². The molecular formula is C60H78N14O13S3. The summed E-state index contributed by atoms with van der Waals surface area (Å²) >= 11 is 5.33. The van der Waals surface area contributed by atoms with Crippen LogP contribution in [0.2, 0.25) is 0 Å². The molecule has 0 aliphatic carbocycles. The molecule has 90 heavy (non-hydrogen) atoms. The maximum Gasteiger partial charge on any atom is 0.328 e. The van der Waals surface area contributed by atoms with Gasteiger partial charge in [0.2, 0.25) is 41.4 Å². The number of aromatic nitrogens is 2. The van der Waals surface area contributed by atoms with Crippen LogP contribution in [0.5, 0.6) is 5.75 Å². The van der Waals surface area contributed by atoms with Gasteiger partial charge in [0.05, 0.1) is 17.8 Å². The minimum Gasteiger partial charge on any atom is -0.508 e. The van der Waals surface area contributed by atoms with Crippen LogP contribution in [0.15, 0.2) is 103 Å². The van der Waals surface area contributed by atoms with E-state index >= 15 is 9.59 Å². The quantitative estimate of drug-likeness (QED) is 0.0205. The van der Waals surface area contributed by atoms with Crippen molar-refractivity contribution in [3.63, 3.8) is 0 Å². The van der Waals surface area contributed by atoms with E-state index < -0.39 is 120 Å². The lowest BCUT2D eigenvalue weighted by atomic mass is 10.0. The number of hydrogen-bond donors (Lipinski definition) is 17. The second-order valence-corrected chi connectivity index (χ2v) is 25.4. The van der Waals surface area contributed by atoms with Gasteiger partial charge in [-0.2, -0.15) is 0 Å². The van der Waals surface area contributed by atoms with E-state index in [0.29, 0.717) is 39.8 Å². The number of pyridine rings is 1. The van der Waals surface area contributed by atoms with E-state index in [1.807, 2.05) is 20.8 Å². The van der Waals surface area contributed by atoms with Gasteiger partial charge in [-0.15, -0.1) is 0 Å². The number of rotatable bonds is 21. The number of unbranched alkanes of at least 4 members (excludes halogenated alkanes) is 1. The molecule has 0 saturated carbocycles. The second kappa shape index (κ2) is 33.9. The number of anilines is 1. The summed E-state index contributed by atoms with van der Waals surface area (Å²) in [6.07, 6.45) is -0.280. The van der Waals surface area contributed by atoms with E-state index in [2.05, 4.69) is 68.7 Å². The zero-order chi connectivity index (χ0) is 65.7. The van der Waals surface area contributed by atoms with Gasteiger partial charge in [-0.3, -0.25) is 49.2 Å². The molecule has 1 fully saturated rings. The highest BCUT2D eigenvalue weighted by molar-refractivity contribution is 8.76. The summed E-state index contributed by atoms with van der Waals surface area (Å²) < 4.78 is 0. The van der Waals surface area contributed by atoms with Crippen LogP contribution in [0, 0.1) is 0 Å². The van der Waals surface area contributed by atoms with Crippen LogP contribution in [0.25, 0.3) is 10.9 Å². The number of aromatic hydroxyl groups is 1. The number of nitrogens with zero attached hydrogens (tertiary/aromatic N) is 1. The monoisotopic (exact) mass is 1300 g/mol. The Morgan fingerprint density at radius 1 is 0.744 bits per heavy atom. The van der Waals surface area contributed by atoms with Crippen LogP contribution in [0.4, 0.5) is 5.82 Å². The molecule has 3 unspecified atom stereocenters. The lowest BCUT2D eigenvalue weighted by Gasteiger charge is -2.29. The number of amides is 8. The molecule has 3 heterocycles. The number of hydrogen-bond acceptors (Lipinski definition) is 18. The molecule has 1 saturated heterocycles. The number of aliphatic carboxylic acids is 1. The van der Waals surface area contributed by atoms with Crippen LogP contribution < -0.4 is 64.4 Å². The normalized spacial score (nSPS) is 20.4. The lowest BCUT2D eigenvalue weighted by molar-refractivity contribution is -0.145. The first-order valence-corrected chi connectivity index (χ1v) is 31.8. The average Bonchev–Trinajstić information content (AvgIpc) is 1.75. The highest BCUT2D eigenvalue weighted by atomic mass is 33.1. The van der Waals surface area contributed by atoms with Gasteiger partial charge in [-0.05, 0) is 120 Å². The van der Waals surface area contributed by atoms with Gasteiger partial charge in [-0.1, -0.05) is 82.3 Å². The average molecular weight is 1300 g/mol. The van der Waals surface area contributed by atoms with E-state index in [1.54, 1.807) is 60.8 Å². The summed E-state index contributed by atoms with van der Waals surface area (Å²) in [6, 6.07) is 11.8. The molecule has 8 amide bonds. The molecule has 0 spiro atoms. The van der Waals surface area contributed by atoms with Crippen molar-refractivity contribution >= 4 is 109 Å². The number of aliphatic hydroxyl groups excluding tert-OH is 2. The molecule has 0 radical (unpaired) electrons. The standard InChI is InChI=1S/C60H78N14O13S3/c1-32(75)48-57(85)69-46(56(84)71-49(33(2)76)58(86)87)31-90-89-30-45(68-53(81)42(25-34-13-7-6-8-14-34)65-50(78)36-20-23-47(63-28-36)73-74-59(88)72-60(3,4)5)55(83)66-43(26-35-18-21-38(77)22-19-35)52(80)67-44(27-37-29-62-40-16-10-9-15-39(37)40)54(82)64-41(51(79)70-48)17-11-12-24-61/h6-10,13-16,18-23,28-29,32-33,41-46,48-49,62,75-77H,11-12,17,24-27,30-31,61H2,1-5H3,(H,63,73)(H,64,82)(H,65,78)(H,66,83)(H,67,80)(H,68,81)(H,69,85)(H,70,79)(H,71,84)(H,86,87)(H2,72,74,88)/t32-,33-,41+,42-,43?,44-,45-,46?,48?,49+/m1/s1. The number of aliphatic hydroxyl groups is 2. The highest BCUT2D eigenvalue weighted by Crippen LogP contribution is 2.25. The topological polar surface area (TPSA) is 422 Å². The van der Waals surface area contributed by atoms with Gasteiger partial charge >= 0.3 is 5.97 Å². The van der Waals surface area contributed by atoms with Gasteiger partial charge < -0.3 is 79.0 Å². The molecule has 0 bridgehead atoms. The molecule has 1 aliphatic heterocycles. The third-order valence-corrected chi connectivity index (χ3v) is 16.6. The molecule has 6 rings (SSSR count). The van der Waals surface area contributed by atoms with Gasteiger partial charge in [0.1, 0.15) is 53.9 Å². The SMILES string of the molecule is C[C@@H](O)C1NC(=O)[C@H](CCCCN)NC(=O)[C@@H](Cc2c[nH]c3ccccc23)NC(=O)C(Cc2ccc(O)cc2)NC(=O)[C@H](NC(=O)[C@@H](Cc2ccccc2)NC(=O)c2ccc(NNC(=S)NC(C)(C)C)nc2)CSSCC(C(=O)N[C@H](C(=O)O)[C@@H](C)O)NC1=O. The van der Waals surface area contributed by atoms with E-state index in [9.17, 15) is 54.0 Å². The summed E-state index contributed by atoms with van der Waals surface area (Å²) in [4.78, 5) is 136. The van der Waals surface area contributed by atoms with E-state index in [4.69, 9.17) is 18.0 Å². The number of phenolic OH excluding ortho intramolecular Hbond substituents is 1. The van der Waals surface area contributed by atoms with Crippen molar-refractivity contribution in [1.82, 2.24) is 63.2 Å². The molecule has 18 N–H and O–H groups in total. The minimum absolute atomic E-state index is 0.0480. The minimum atomic E-state index is -1.87. The maximum atomic E-state index is 15.1. The van der Waals surface area contributed by atoms with Crippen molar-refractivity contribution in [2.45, 2.75) is 139 Å². The number of H-pyrrole nitrogens is 1. The first kappa shape index (κ1) is 70.5. The number of para-hydroxylation sites is 1. The maximum absolute atomic E-state index is 15.1. The van der Waals surface area contributed by atoms with Gasteiger partial charge in [-0.25, -0.2) is 9.78 Å². The second-order valence-electron chi connectivity index (χ2n) is 22.5. The third kappa shape index (κ3) is 21.9. The molecule has 484 valence electrons. The summed E-state index contributed by atoms with van der Waals surface area (Å²) in [7, 11) is 1.75. The molecule has 2 aromatic heterocycles. The Balaban J connectivity index is 1.41. The number of nitrogens with two attached hydrogens (primary N) is 1. The van der Waals surface area contributed by atoms with Crippen molar-refractivity contribution in [3.8, 4) is 5.75 Å². The summed E-state index contributed by atoms with van der Waals surface area (Å²) in [5.74, 6) is -9.71. The van der Waals surface area contributed by atoms with Gasteiger partial charge in [0.25, 0.3) is 5.91 Å². The van der Waals surface area contributed by atoms with Crippen molar-refractivity contribution in [2.75, 3.05) is 23.5 Å². The van der Waals surface area contributed by atoms with E-state index in [1.165, 1.54) is 49.5 Å². The predicted molar refractivity (Wildman–Crippen MR) is 344 cm³/mol. The van der Waals surface area contributed by atoms with Crippen LogP contribution in [0.3, 0.4) is 0 Å². The third-order valence-electron chi connectivity index (χ3n) is 14.0. The Bertz CT molecular complexity index is 3300. The molecule has 30 heteroatoms. The van der Waals surface area contributed by atoms with Crippen molar-refractivity contribution in [2.24, 2.45) is 5.73 Å². The van der Waals surface area contributed by atoms with Gasteiger partial charge in [0.15, 0.2) is 11.2 Å². The lowest BCUT2D eigenvalue weighted by Crippen LogP contribution is -2.62. The largest absolute Gasteiger partial charge is 0.508 e. The Labute approximate surface area is 532 Å². The number of nitrogens with one attached hydrogen (secondary N) is 12. The Hall–Kier alpha value is -8.55. The molecule has 1 aliphatic rings. The summed E-state index contributed by atoms with van der Waals surface area (Å²) in [5, 5.41) is 66.4. The molecular weight excluding hydrogens is 1220 g/mol. The number of carbonyl (C=O) groups is 9. The number of fused-ring (bicyclic) bond motifs is 1. The number of thiocarbonyl (C=S) groups is 1. The number of carbonyl (C=O) groups excluding carboxylic acids is 8. The highest BCUT2D eigenvalue weighted by Gasteiger charge is 2.38. The number of benzene rings is 3. The molecule has 3 aromatic carbocycles. The van der Waals surface area contributed by atoms with Gasteiger partial charge in [0, 0.05) is 59.6 Å². The fourth-order valence-electron chi connectivity index (χ4n) is 9.21. The smallest absolute Gasteiger partial charge is 0.328 e. The van der Waals surface area contributed by atoms with Crippen LogP contribution in [-0.2, 0) is 57.6 Å². The summed E-state index contributed by atoms with van der Waals surface area (Å²) in [5.41, 5.74) is 13.5. The van der Waals surface area contributed by atoms with Crippen LogP contribution in [0.1, 0.15) is 80.9 Å². The van der Waals surface area contributed by atoms with Crippen LogP contribution >= 0.6 is 33.8 Å². The summed E-state index contributed by atoms with van der Waals surface area (Å²) in [6.45, 7) is 8.28. The zero-order valence-electron chi connectivity index (χ0n) is 50.2. The Kier molecular flexibility index (Phi) is 26.5. The van der Waals surface area contributed by atoms with Crippen molar-refractivity contribution in [1.29, 1.82) is 0 Å². The number of phenols is 1. The number of aromatic amines is 1. The fraction of sp³-hybridized carbons (Fsp3) is 0.417.